The van der Waals surface area contributed by atoms with E-state index in [1.54, 1.807) is 10.9 Å². The number of amides is 1. The predicted octanol–water partition coefficient (Wildman–Crippen LogP) is 1.22. The first-order valence-electron chi connectivity index (χ1n) is 7.14. The maximum Gasteiger partial charge on any atom is 0.273 e. The van der Waals surface area contributed by atoms with Gasteiger partial charge in [0.05, 0.1) is 18.3 Å². The van der Waals surface area contributed by atoms with Gasteiger partial charge < -0.3 is 10.6 Å². The van der Waals surface area contributed by atoms with E-state index in [1.165, 1.54) is 0 Å². The fraction of sp³-hybridized carbons (Fsp3) is 0.400. The summed E-state index contributed by atoms with van der Waals surface area (Å²) in [4.78, 5) is 12.2. The van der Waals surface area contributed by atoms with Crippen LogP contribution in [-0.2, 0) is 0 Å². The second kappa shape index (κ2) is 5.65. The largest absolute Gasteiger partial charge is 0.344 e. The average Bonchev–Trinajstić information content (AvgIpc) is 2.86. The highest BCUT2D eigenvalue weighted by Crippen LogP contribution is 2.17. The van der Waals surface area contributed by atoms with Crippen molar-refractivity contribution < 1.29 is 4.79 Å². The molecule has 1 saturated heterocycles. The van der Waals surface area contributed by atoms with Gasteiger partial charge in [0.15, 0.2) is 5.69 Å². The fourth-order valence-corrected chi connectivity index (χ4v) is 2.44. The van der Waals surface area contributed by atoms with Crippen molar-refractivity contribution in [2.24, 2.45) is 0 Å². The summed E-state index contributed by atoms with van der Waals surface area (Å²) in [6, 6.07) is 8.29. The van der Waals surface area contributed by atoms with Gasteiger partial charge in [-0.15, -0.1) is 5.10 Å². The number of carbonyl (C=O) groups is 1. The van der Waals surface area contributed by atoms with Crippen LogP contribution in [-0.4, -0.2) is 34.0 Å². The van der Waals surface area contributed by atoms with E-state index in [1.807, 2.05) is 38.1 Å². The van der Waals surface area contributed by atoms with Crippen LogP contribution in [0, 0.1) is 6.92 Å². The van der Waals surface area contributed by atoms with Gasteiger partial charge in [0.25, 0.3) is 5.91 Å². The summed E-state index contributed by atoms with van der Waals surface area (Å²) in [6.07, 6.45) is 1.71. The van der Waals surface area contributed by atoms with Crippen molar-refractivity contribution in [1.29, 1.82) is 0 Å². The quantitative estimate of drug-likeness (QED) is 0.886. The highest BCUT2D eigenvalue weighted by molar-refractivity contribution is 5.92. The van der Waals surface area contributed by atoms with Crippen LogP contribution in [0.4, 0.5) is 0 Å². The Kier molecular flexibility index (Phi) is 3.70. The van der Waals surface area contributed by atoms with Gasteiger partial charge in [-0.05, 0) is 25.0 Å². The van der Waals surface area contributed by atoms with Crippen molar-refractivity contribution in [2.45, 2.75) is 25.9 Å². The third kappa shape index (κ3) is 2.80. The normalized spacial score (nSPS) is 16.3. The predicted molar refractivity (Wildman–Crippen MR) is 79.0 cm³/mol. The molecule has 0 radical (unpaired) electrons. The first-order valence-corrected chi connectivity index (χ1v) is 7.14. The standard InChI is InChI=1S/C15H19N5O/c1-10-5-3-4-6-13(10)11(2)17-15(21)14-9-20(19-18-14)12-7-16-8-12/h3-6,9,11-12,16H,7-8H2,1-2H3,(H,17,21)/t11-/m1/s1. The molecule has 21 heavy (non-hydrogen) atoms. The maximum atomic E-state index is 12.2. The maximum absolute atomic E-state index is 12.2. The second-order valence-corrected chi connectivity index (χ2v) is 5.45. The molecular formula is C15H19N5O. The van der Waals surface area contributed by atoms with Crippen LogP contribution in [0.3, 0.4) is 0 Å². The van der Waals surface area contributed by atoms with E-state index in [4.69, 9.17) is 0 Å². The topological polar surface area (TPSA) is 71.8 Å². The van der Waals surface area contributed by atoms with E-state index in [2.05, 4.69) is 20.9 Å². The molecular weight excluding hydrogens is 266 g/mol. The van der Waals surface area contributed by atoms with Gasteiger partial charge in [0, 0.05) is 13.1 Å². The number of aryl methyl sites for hydroxylation is 1. The van der Waals surface area contributed by atoms with Crippen molar-refractivity contribution in [3.63, 3.8) is 0 Å². The molecule has 1 aromatic carbocycles. The summed E-state index contributed by atoms with van der Waals surface area (Å²) in [5.41, 5.74) is 2.64. The summed E-state index contributed by atoms with van der Waals surface area (Å²) in [5.74, 6) is -0.190. The number of nitrogens with zero attached hydrogens (tertiary/aromatic N) is 3. The minimum Gasteiger partial charge on any atom is -0.344 e. The van der Waals surface area contributed by atoms with Gasteiger partial charge in [-0.25, -0.2) is 4.68 Å². The molecule has 1 fully saturated rings. The molecule has 1 aromatic heterocycles. The molecule has 2 aromatic rings. The molecule has 2 heterocycles. The zero-order valence-corrected chi connectivity index (χ0v) is 12.2. The Morgan fingerprint density at radius 1 is 1.43 bits per heavy atom. The molecule has 1 atom stereocenters. The fourth-order valence-electron chi connectivity index (χ4n) is 2.44. The van der Waals surface area contributed by atoms with E-state index in [-0.39, 0.29) is 11.9 Å². The monoisotopic (exact) mass is 285 g/mol. The Balaban J connectivity index is 1.68. The van der Waals surface area contributed by atoms with Crippen LogP contribution in [0.5, 0.6) is 0 Å². The second-order valence-electron chi connectivity index (χ2n) is 5.45. The summed E-state index contributed by atoms with van der Waals surface area (Å²) in [5, 5.41) is 14.1. The molecule has 3 rings (SSSR count). The zero-order chi connectivity index (χ0) is 14.8. The Morgan fingerprint density at radius 3 is 2.86 bits per heavy atom. The molecule has 2 N–H and O–H groups in total. The zero-order valence-electron chi connectivity index (χ0n) is 12.2. The van der Waals surface area contributed by atoms with Crippen LogP contribution < -0.4 is 10.6 Å². The molecule has 6 heteroatoms. The Hall–Kier alpha value is -2.21. The van der Waals surface area contributed by atoms with Crippen molar-refractivity contribution in [3.05, 3.63) is 47.3 Å². The SMILES string of the molecule is Cc1ccccc1[C@@H](C)NC(=O)c1cn(C2CNC2)nn1. The molecule has 0 spiro atoms. The number of nitrogens with one attached hydrogen (secondary N) is 2. The Bertz CT molecular complexity index is 647. The highest BCUT2D eigenvalue weighted by atomic mass is 16.2. The van der Waals surface area contributed by atoms with Crippen LogP contribution in [0.1, 0.15) is 40.6 Å². The molecule has 1 aliphatic heterocycles. The minimum absolute atomic E-state index is 0.0609. The molecule has 1 amide bonds. The molecule has 110 valence electrons. The van der Waals surface area contributed by atoms with Crippen molar-refractivity contribution in [3.8, 4) is 0 Å². The molecule has 0 bridgehead atoms. The van der Waals surface area contributed by atoms with Gasteiger partial charge in [-0.1, -0.05) is 29.5 Å². The Labute approximate surface area is 123 Å². The van der Waals surface area contributed by atoms with Gasteiger partial charge in [0.2, 0.25) is 0 Å². The average molecular weight is 285 g/mol. The number of hydrogen-bond acceptors (Lipinski definition) is 4. The summed E-state index contributed by atoms with van der Waals surface area (Å²) in [6.45, 7) is 5.77. The number of benzene rings is 1. The Morgan fingerprint density at radius 2 is 2.19 bits per heavy atom. The van der Waals surface area contributed by atoms with Crippen LogP contribution in [0.15, 0.2) is 30.5 Å². The van der Waals surface area contributed by atoms with Crippen molar-refractivity contribution in [2.75, 3.05) is 13.1 Å². The van der Waals surface area contributed by atoms with Gasteiger partial charge in [0.1, 0.15) is 0 Å². The van der Waals surface area contributed by atoms with Crippen molar-refractivity contribution in [1.82, 2.24) is 25.6 Å². The number of aromatic nitrogens is 3. The lowest BCUT2D eigenvalue weighted by Crippen LogP contribution is -2.43. The number of carbonyl (C=O) groups excluding carboxylic acids is 1. The van der Waals surface area contributed by atoms with E-state index in [0.29, 0.717) is 11.7 Å². The van der Waals surface area contributed by atoms with Gasteiger partial charge >= 0.3 is 0 Å². The third-order valence-electron chi connectivity index (χ3n) is 3.88. The van der Waals surface area contributed by atoms with E-state index in [9.17, 15) is 4.79 Å². The van der Waals surface area contributed by atoms with Crippen LogP contribution in [0.2, 0.25) is 0 Å². The summed E-state index contributed by atoms with van der Waals surface area (Å²) < 4.78 is 1.75. The molecule has 1 aliphatic rings. The summed E-state index contributed by atoms with van der Waals surface area (Å²) >= 11 is 0. The summed E-state index contributed by atoms with van der Waals surface area (Å²) in [7, 11) is 0. The van der Waals surface area contributed by atoms with E-state index < -0.39 is 0 Å². The lowest BCUT2D eigenvalue weighted by Gasteiger charge is -2.26. The van der Waals surface area contributed by atoms with Gasteiger partial charge in [-0.3, -0.25) is 4.79 Å². The van der Waals surface area contributed by atoms with Crippen LogP contribution >= 0.6 is 0 Å². The minimum atomic E-state index is -0.190. The van der Waals surface area contributed by atoms with Crippen LogP contribution in [0.25, 0.3) is 0 Å². The third-order valence-corrected chi connectivity index (χ3v) is 3.88. The first kappa shape index (κ1) is 13.8. The number of hydrogen-bond donors (Lipinski definition) is 2. The number of rotatable bonds is 4. The first-order chi connectivity index (χ1) is 10.1. The molecule has 0 saturated carbocycles. The lowest BCUT2D eigenvalue weighted by molar-refractivity contribution is 0.0934. The molecule has 6 nitrogen and oxygen atoms in total. The van der Waals surface area contributed by atoms with E-state index >= 15 is 0 Å². The lowest BCUT2D eigenvalue weighted by atomic mass is 10.0. The molecule has 0 aliphatic carbocycles. The van der Waals surface area contributed by atoms with Gasteiger partial charge in [-0.2, -0.15) is 0 Å². The molecule has 0 unspecified atom stereocenters. The smallest absolute Gasteiger partial charge is 0.273 e. The highest BCUT2D eigenvalue weighted by Gasteiger charge is 2.22. The van der Waals surface area contributed by atoms with E-state index in [0.717, 1.165) is 24.2 Å². The van der Waals surface area contributed by atoms with Crippen molar-refractivity contribution >= 4 is 5.91 Å².